The highest BCUT2D eigenvalue weighted by Crippen LogP contribution is 2.40. The number of halogens is 5. The van der Waals surface area contributed by atoms with Gasteiger partial charge >= 0.3 is 6.36 Å². The van der Waals surface area contributed by atoms with Gasteiger partial charge in [-0.1, -0.05) is 6.42 Å². The molecule has 5 rings (SSSR count). The molecular formula is C26H21F5N2O4S. The van der Waals surface area contributed by atoms with Gasteiger partial charge in [-0.15, -0.1) is 13.2 Å². The lowest BCUT2D eigenvalue weighted by atomic mass is 9.83. The summed E-state index contributed by atoms with van der Waals surface area (Å²) in [7, 11) is -4.26. The van der Waals surface area contributed by atoms with Gasteiger partial charge in [0, 0.05) is 33.9 Å². The fraction of sp³-hybridized carbons (Fsp3) is 0.269. The zero-order chi connectivity index (χ0) is 27.2. The Balaban J connectivity index is 1.44. The predicted molar refractivity (Wildman–Crippen MR) is 131 cm³/mol. The fourth-order valence-corrected chi connectivity index (χ4v) is 5.94. The van der Waals surface area contributed by atoms with Gasteiger partial charge in [-0.3, -0.25) is 0 Å². The maximum atomic E-state index is 14.0. The van der Waals surface area contributed by atoms with Crippen molar-refractivity contribution in [3.05, 3.63) is 72.3 Å². The number of sulfonamides is 1. The number of aromatic nitrogens is 1. The van der Waals surface area contributed by atoms with E-state index in [4.69, 9.17) is 0 Å². The van der Waals surface area contributed by atoms with Crippen LogP contribution in [0.25, 0.3) is 21.8 Å². The summed E-state index contributed by atoms with van der Waals surface area (Å²) in [5.41, 5.74) is 1.20. The zero-order valence-corrected chi connectivity index (χ0v) is 20.4. The first-order valence-electron chi connectivity index (χ1n) is 11.7. The molecule has 0 aliphatic heterocycles. The number of rotatable bonds is 5. The maximum Gasteiger partial charge on any atom is 0.573 e. The van der Waals surface area contributed by atoms with Gasteiger partial charge in [0.2, 0.25) is 0 Å². The van der Waals surface area contributed by atoms with Crippen LogP contribution in [0.15, 0.2) is 70.0 Å². The number of alkyl halides is 3. The summed E-state index contributed by atoms with van der Waals surface area (Å²) in [6.07, 6.45) is -3.25. The maximum absolute atomic E-state index is 14.0. The Morgan fingerprint density at radius 1 is 0.921 bits per heavy atom. The third-order valence-corrected chi connectivity index (χ3v) is 7.94. The molecule has 0 amide bonds. The number of aliphatic hydroxyl groups is 1. The molecule has 6 nitrogen and oxygen atoms in total. The van der Waals surface area contributed by atoms with Crippen LogP contribution in [0.5, 0.6) is 5.75 Å². The standard InChI is InChI=1S/C26H21F5N2O4S/c27-16-4-10-22-20(12-16)21-13-17(28)5-11-23(21)33(22)24-3-1-2-15(25(24)34)14-32-38(35,36)19-8-6-18(7-9-19)37-26(29,30)31/h4-15,24-25,34H,1-3H2/b32-14+/t15?,24-,25-/m0/s1. The van der Waals surface area contributed by atoms with Crippen molar-refractivity contribution >= 4 is 38.0 Å². The number of ether oxygens (including phenoxy) is 1. The molecule has 0 radical (unpaired) electrons. The predicted octanol–water partition coefficient (Wildman–Crippen LogP) is 6.13. The summed E-state index contributed by atoms with van der Waals surface area (Å²) >= 11 is 0. The van der Waals surface area contributed by atoms with Gasteiger partial charge in [-0.05, 0) is 73.5 Å². The molecule has 1 aliphatic carbocycles. The van der Waals surface area contributed by atoms with Crippen molar-refractivity contribution in [2.75, 3.05) is 0 Å². The van der Waals surface area contributed by atoms with Gasteiger partial charge in [0.25, 0.3) is 10.0 Å². The lowest BCUT2D eigenvalue weighted by molar-refractivity contribution is -0.274. The smallest absolute Gasteiger partial charge is 0.406 e. The second kappa shape index (κ2) is 9.66. The van der Waals surface area contributed by atoms with E-state index in [1.165, 1.54) is 24.3 Å². The molecule has 1 fully saturated rings. The number of aliphatic hydroxyl groups excluding tert-OH is 1. The van der Waals surface area contributed by atoms with Crippen LogP contribution < -0.4 is 4.74 Å². The number of hydrogen-bond donors (Lipinski definition) is 1. The quantitative estimate of drug-likeness (QED) is 0.239. The monoisotopic (exact) mass is 552 g/mol. The lowest BCUT2D eigenvalue weighted by Crippen LogP contribution is -2.36. The lowest BCUT2D eigenvalue weighted by Gasteiger charge is -2.34. The van der Waals surface area contributed by atoms with Gasteiger partial charge in [0.1, 0.15) is 17.4 Å². The normalized spacial score (nSPS) is 20.9. The molecule has 1 unspecified atom stereocenters. The first-order valence-corrected chi connectivity index (χ1v) is 13.1. The van der Waals surface area contributed by atoms with Crippen molar-refractivity contribution in [1.82, 2.24) is 4.57 Å². The van der Waals surface area contributed by atoms with E-state index in [9.17, 15) is 35.5 Å². The van der Waals surface area contributed by atoms with E-state index in [0.29, 0.717) is 41.1 Å². The number of benzene rings is 3. The van der Waals surface area contributed by atoms with Crippen LogP contribution in [0, 0.1) is 17.6 Å². The summed E-state index contributed by atoms with van der Waals surface area (Å²) in [5.74, 6) is -2.21. The minimum Gasteiger partial charge on any atom is -0.406 e. The number of fused-ring (bicyclic) bond motifs is 3. The van der Waals surface area contributed by atoms with Gasteiger partial charge in [-0.25, -0.2) is 8.78 Å². The second-order valence-electron chi connectivity index (χ2n) is 9.09. The van der Waals surface area contributed by atoms with E-state index < -0.39 is 51.8 Å². The van der Waals surface area contributed by atoms with Crippen molar-refractivity contribution in [2.24, 2.45) is 10.3 Å². The highest BCUT2D eigenvalue weighted by molar-refractivity contribution is 7.90. The van der Waals surface area contributed by atoms with E-state index in [1.54, 1.807) is 12.1 Å². The highest BCUT2D eigenvalue weighted by Gasteiger charge is 2.34. The molecule has 1 aromatic heterocycles. The Kier molecular flexibility index (Phi) is 6.64. The average Bonchev–Trinajstić information content (AvgIpc) is 3.15. The number of nitrogens with zero attached hydrogens (tertiary/aromatic N) is 2. The molecule has 1 saturated carbocycles. The van der Waals surface area contributed by atoms with Crippen LogP contribution in [-0.2, 0) is 10.0 Å². The molecule has 0 bridgehead atoms. The van der Waals surface area contributed by atoms with Crippen molar-refractivity contribution in [1.29, 1.82) is 0 Å². The van der Waals surface area contributed by atoms with Crippen LogP contribution in [-0.4, -0.2) is 36.8 Å². The highest BCUT2D eigenvalue weighted by atomic mass is 32.2. The topological polar surface area (TPSA) is 80.9 Å². The zero-order valence-electron chi connectivity index (χ0n) is 19.6. The van der Waals surface area contributed by atoms with Gasteiger partial charge in [0.15, 0.2) is 0 Å². The average molecular weight is 553 g/mol. The minimum atomic E-state index is -4.91. The molecule has 38 heavy (non-hydrogen) atoms. The van der Waals surface area contributed by atoms with Crippen molar-refractivity contribution in [2.45, 2.75) is 42.7 Å². The molecule has 4 aromatic rings. The minimum absolute atomic E-state index is 0.337. The summed E-state index contributed by atoms with van der Waals surface area (Å²) in [5, 5.41) is 12.2. The van der Waals surface area contributed by atoms with E-state index >= 15 is 0 Å². The number of hydrogen-bond acceptors (Lipinski definition) is 4. The molecule has 1 aliphatic rings. The third kappa shape index (κ3) is 5.10. The Hall–Kier alpha value is -3.51. The van der Waals surface area contributed by atoms with E-state index in [-0.39, 0.29) is 4.90 Å². The van der Waals surface area contributed by atoms with E-state index in [0.717, 1.165) is 30.5 Å². The van der Waals surface area contributed by atoms with Crippen LogP contribution in [0.1, 0.15) is 25.3 Å². The van der Waals surface area contributed by atoms with Crippen molar-refractivity contribution in [3.63, 3.8) is 0 Å². The first kappa shape index (κ1) is 26.1. The first-order chi connectivity index (χ1) is 17.9. The van der Waals surface area contributed by atoms with E-state index in [2.05, 4.69) is 9.13 Å². The van der Waals surface area contributed by atoms with Crippen LogP contribution in [0.3, 0.4) is 0 Å². The molecule has 0 spiro atoms. The van der Waals surface area contributed by atoms with E-state index in [1.807, 2.05) is 4.57 Å². The van der Waals surface area contributed by atoms with Crippen LogP contribution >= 0.6 is 0 Å². The summed E-state index contributed by atoms with van der Waals surface area (Å²) in [4.78, 5) is -0.337. The van der Waals surface area contributed by atoms with Crippen LogP contribution in [0.2, 0.25) is 0 Å². The summed E-state index contributed by atoms with van der Waals surface area (Å²) < 4.78 is 99.7. The molecule has 0 saturated heterocycles. The van der Waals surface area contributed by atoms with Gasteiger partial charge in [0.05, 0.1) is 17.0 Å². The Morgan fingerprint density at radius 2 is 1.50 bits per heavy atom. The molecule has 200 valence electrons. The van der Waals surface area contributed by atoms with Crippen LogP contribution in [0.4, 0.5) is 22.0 Å². The van der Waals surface area contributed by atoms with Gasteiger partial charge in [-0.2, -0.15) is 12.8 Å². The van der Waals surface area contributed by atoms with Crippen molar-refractivity contribution < 1.29 is 40.2 Å². The SMILES string of the molecule is O=S(=O)(/N=C/C1CCC[C@H](n2c3ccc(F)cc3c3cc(F)ccc32)[C@H]1O)c1ccc(OC(F)(F)F)cc1. The molecule has 12 heteroatoms. The fourth-order valence-electron chi connectivity index (χ4n) is 5.02. The summed E-state index contributed by atoms with van der Waals surface area (Å²) in [6.45, 7) is 0. The third-order valence-electron chi connectivity index (χ3n) is 6.67. The Morgan fingerprint density at radius 3 is 2.05 bits per heavy atom. The van der Waals surface area contributed by atoms with Crippen molar-refractivity contribution in [3.8, 4) is 5.75 Å². The molecule has 1 heterocycles. The molecule has 1 N–H and O–H groups in total. The summed E-state index contributed by atoms with van der Waals surface area (Å²) in [6, 6.07) is 11.4. The second-order valence-corrected chi connectivity index (χ2v) is 10.7. The molecular weight excluding hydrogens is 531 g/mol. The largest absolute Gasteiger partial charge is 0.573 e. The van der Waals surface area contributed by atoms with Gasteiger partial charge < -0.3 is 14.4 Å². The molecule has 3 atom stereocenters. The molecule has 3 aromatic carbocycles. The Bertz CT molecular complexity index is 1570. The Labute approximate surface area is 214 Å².